The van der Waals surface area contributed by atoms with Crippen molar-refractivity contribution in [1.29, 1.82) is 0 Å². The van der Waals surface area contributed by atoms with Crippen LogP contribution < -0.4 is 10.1 Å². The standard InChI is InChI=1S/C14H21NO5/c1-14(18,7-8-19-2)9-15-13(17)10-5-4-6-11(20-3)12(10)16/h4-6,16,18H,7-9H2,1-3H3,(H,15,17). The molecule has 0 fully saturated rings. The van der Waals surface area contributed by atoms with E-state index in [4.69, 9.17) is 9.47 Å². The first-order chi connectivity index (χ1) is 9.41. The lowest BCUT2D eigenvalue weighted by atomic mass is 10.0. The number of phenols is 1. The summed E-state index contributed by atoms with van der Waals surface area (Å²) in [5.74, 6) is -0.466. The minimum absolute atomic E-state index is 0.0614. The largest absolute Gasteiger partial charge is 0.504 e. The number of amides is 1. The van der Waals surface area contributed by atoms with Gasteiger partial charge in [-0.2, -0.15) is 0 Å². The summed E-state index contributed by atoms with van der Waals surface area (Å²) in [5, 5.41) is 22.5. The summed E-state index contributed by atoms with van der Waals surface area (Å²) >= 11 is 0. The van der Waals surface area contributed by atoms with E-state index in [0.717, 1.165) is 0 Å². The molecule has 20 heavy (non-hydrogen) atoms. The van der Waals surface area contributed by atoms with Gasteiger partial charge in [0.15, 0.2) is 11.5 Å². The molecule has 0 spiro atoms. The maximum absolute atomic E-state index is 12.0. The fraction of sp³-hybridized carbons (Fsp3) is 0.500. The Bertz CT molecular complexity index is 459. The molecule has 1 aromatic rings. The molecule has 1 amide bonds. The van der Waals surface area contributed by atoms with Gasteiger partial charge in [0.1, 0.15) is 0 Å². The summed E-state index contributed by atoms with van der Waals surface area (Å²) in [6.07, 6.45) is 0.397. The number of carbonyl (C=O) groups excluding carboxylic acids is 1. The van der Waals surface area contributed by atoms with Crippen molar-refractivity contribution in [2.75, 3.05) is 27.4 Å². The van der Waals surface area contributed by atoms with Gasteiger partial charge in [0.25, 0.3) is 5.91 Å². The van der Waals surface area contributed by atoms with Crippen molar-refractivity contribution in [2.24, 2.45) is 0 Å². The molecular weight excluding hydrogens is 262 g/mol. The number of hydrogen-bond acceptors (Lipinski definition) is 5. The van der Waals surface area contributed by atoms with Crippen LogP contribution in [0.1, 0.15) is 23.7 Å². The SMILES string of the molecule is COCCC(C)(O)CNC(=O)c1cccc(OC)c1O. The Hall–Kier alpha value is -1.79. The number of ether oxygens (including phenoxy) is 2. The van der Waals surface area contributed by atoms with Crippen molar-refractivity contribution < 1.29 is 24.5 Å². The molecule has 6 nitrogen and oxygen atoms in total. The van der Waals surface area contributed by atoms with E-state index in [2.05, 4.69) is 5.32 Å². The highest BCUT2D eigenvalue weighted by Gasteiger charge is 2.22. The van der Waals surface area contributed by atoms with Crippen LogP contribution in [-0.2, 0) is 4.74 Å². The number of hydrogen-bond donors (Lipinski definition) is 3. The van der Waals surface area contributed by atoms with E-state index in [-0.39, 0.29) is 23.6 Å². The minimum atomic E-state index is -1.07. The highest BCUT2D eigenvalue weighted by molar-refractivity contribution is 5.97. The number of rotatable bonds is 7. The van der Waals surface area contributed by atoms with Gasteiger partial charge in [-0.15, -0.1) is 0 Å². The topological polar surface area (TPSA) is 88.0 Å². The van der Waals surface area contributed by atoms with Gasteiger partial charge in [0.05, 0.1) is 18.3 Å². The van der Waals surface area contributed by atoms with E-state index in [1.54, 1.807) is 26.2 Å². The average Bonchev–Trinajstić information content (AvgIpc) is 2.43. The van der Waals surface area contributed by atoms with Crippen molar-refractivity contribution in [3.8, 4) is 11.5 Å². The molecule has 1 unspecified atom stereocenters. The molecule has 3 N–H and O–H groups in total. The third kappa shape index (κ3) is 4.40. The molecule has 0 heterocycles. The average molecular weight is 283 g/mol. The lowest BCUT2D eigenvalue weighted by Gasteiger charge is -2.23. The molecule has 0 saturated heterocycles. The summed E-state index contributed by atoms with van der Waals surface area (Å²) in [6, 6.07) is 4.65. The number of carbonyl (C=O) groups is 1. The second-order valence-electron chi connectivity index (χ2n) is 4.78. The van der Waals surface area contributed by atoms with Crippen LogP contribution in [0.4, 0.5) is 0 Å². The molecule has 1 aromatic carbocycles. The van der Waals surface area contributed by atoms with E-state index in [9.17, 15) is 15.0 Å². The second-order valence-corrected chi connectivity index (χ2v) is 4.78. The van der Waals surface area contributed by atoms with Gasteiger partial charge in [-0.05, 0) is 19.1 Å². The Morgan fingerprint density at radius 3 is 2.70 bits per heavy atom. The molecule has 0 aliphatic heterocycles. The van der Waals surface area contributed by atoms with Crippen molar-refractivity contribution >= 4 is 5.91 Å². The quantitative estimate of drug-likeness (QED) is 0.692. The maximum Gasteiger partial charge on any atom is 0.255 e. The summed E-state index contributed by atoms with van der Waals surface area (Å²) in [7, 11) is 2.95. The van der Waals surface area contributed by atoms with Gasteiger partial charge in [0, 0.05) is 26.7 Å². The first kappa shape index (κ1) is 16.3. The second kappa shape index (κ2) is 7.12. The van der Waals surface area contributed by atoms with Gasteiger partial charge >= 0.3 is 0 Å². The summed E-state index contributed by atoms with van der Waals surface area (Å²) in [5.41, 5.74) is -0.966. The predicted molar refractivity (Wildman–Crippen MR) is 74.1 cm³/mol. The van der Waals surface area contributed by atoms with Crippen LogP contribution in [0.2, 0.25) is 0 Å². The van der Waals surface area contributed by atoms with Gasteiger partial charge in [0.2, 0.25) is 0 Å². The third-order valence-electron chi connectivity index (χ3n) is 2.94. The maximum atomic E-state index is 12.0. The van der Waals surface area contributed by atoms with Crippen LogP contribution >= 0.6 is 0 Å². The molecule has 112 valence electrons. The highest BCUT2D eigenvalue weighted by atomic mass is 16.5. The lowest BCUT2D eigenvalue weighted by Crippen LogP contribution is -2.41. The van der Waals surface area contributed by atoms with Crippen LogP contribution in [0, 0.1) is 0 Å². The Morgan fingerprint density at radius 1 is 1.40 bits per heavy atom. The van der Waals surface area contributed by atoms with Crippen molar-refractivity contribution in [1.82, 2.24) is 5.32 Å². The highest BCUT2D eigenvalue weighted by Crippen LogP contribution is 2.29. The predicted octanol–water partition coefficient (Wildman–Crippen LogP) is 0.918. The van der Waals surface area contributed by atoms with Crippen LogP contribution in [0.5, 0.6) is 11.5 Å². The molecular formula is C14H21NO5. The number of methoxy groups -OCH3 is 2. The van der Waals surface area contributed by atoms with E-state index in [0.29, 0.717) is 13.0 Å². The Balaban J connectivity index is 2.68. The number of aromatic hydroxyl groups is 1. The zero-order chi connectivity index (χ0) is 15.2. The van der Waals surface area contributed by atoms with Gasteiger partial charge < -0.3 is 25.0 Å². The molecule has 0 saturated carbocycles. The molecule has 0 bridgehead atoms. The summed E-state index contributed by atoms with van der Waals surface area (Å²) in [6.45, 7) is 2.07. The number of nitrogens with one attached hydrogen (secondary N) is 1. The first-order valence-corrected chi connectivity index (χ1v) is 6.27. The first-order valence-electron chi connectivity index (χ1n) is 6.27. The molecule has 0 radical (unpaired) electrons. The molecule has 1 rings (SSSR count). The Morgan fingerprint density at radius 2 is 2.10 bits per heavy atom. The smallest absolute Gasteiger partial charge is 0.255 e. The van der Waals surface area contributed by atoms with Crippen LogP contribution in [0.25, 0.3) is 0 Å². The number of aliphatic hydroxyl groups is 1. The summed E-state index contributed by atoms with van der Waals surface area (Å²) in [4.78, 5) is 12.0. The van der Waals surface area contributed by atoms with Gasteiger partial charge in [-0.3, -0.25) is 4.79 Å². The Kier molecular flexibility index (Phi) is 5.79. The van der Waals surface area contributed by atoms with Crippen LogP contribution in [-0.4, -0.2) is 49.1 Å². The number of phenolic OH excluding ortho intramolecular Hbond substituents is 1. The van der Waals surface area contributed by atoms with Crippen LogP contribution in [0.15, 0.2) is 18.2 Å². The Labute approximate surface area is 118 Å². The normalized spacial score (nSPS) is 13.6. The molecule has 1 atom stereocenters. The minimum Gasteiger partial charge on any atom is -0.504 e. The van der Waals surface area contributed by atoms with Crippen molar-refractivity contribution in [3.63, 3.8) is 0 Å². The molecule has 0 aliphatic rings. The molecule has 0 aliphatic carbocycles. The zero-order valence-electron chi connectivity index (χ0n) is 12.0. The fourth-order valence-corrected chi connectivity index (χ4v) is 1.65. The zero-order valence-corrected chi connectivity index (χ0v) is 12.0. The lowest BCUT2D eigenvalue weighted by molar-refractivity contribution is 0.0243. The van der Waals surface area contributed by atoms with Crippen LogP contribution in [0.3, 0.4) is 0 Å². The van der Waals surface area contributed by atoms with E-state index >= 15 is 0 Å². The van der Waals surface area contributed by atoms with Crippen molar-refractivity contribution in [3.05, 3.63) is 23.8 Å². The third-order valence-corrected chi connectivity index (χ3v) is 2.94. The monoisotopic (exact) mass is 283 g/mol. The van der Waals surface area contributed by atoms with Crippen molar-refractivity contribution in [2.45, 2.75) is 18.9 Å². The van der Waals surface area contributed by atoms with Gasteiger partial charge in [-0.1, -0.05) is 6.07 Å². The fourth-order valence-electron chi connectivity index (χ4n) is 1.65. The number of para-hydroxylation sites is 1. The number of benzene rings is 1. The van der Waals surface area contributed by atoms with E-state index in [1.807, 2.05) is 0 Å². The molecule has 0 aromatic heterocycles. The molecule has 6 heteroatoms. The van der Waals surface area contributed by atoms with E-state index in [1.165, 1.54) is 13.2 Å². The van der Waals surface area contributed by atoms with E-state index < -0.39 is 11.5 Å². The van der Waals surface area contributed by atoms with Gasteiger partial charge in [-0.25, -0.2) is 0 Å². The summed E-state index contributed by atoms with van der Waals surface area (Å²) < 4.78 is 9.83.